The molecule has 0 radical (unpaired) electrons. The van der Waals surface area contributed by atoms with Gasteiger partial charge in [-0.05, 0) is 36.0 Å². The van der Waals surface area contributed by atoms with Crippen molar-refractivity contribution in [2.24, 2.45) is 0 Å². The molecule has 1 saturated heterocycles. The molecule has 4 rings (SSSR count). The van der Waals surface area contributed by atoms with E-state index in [1.54, 1.807) is 4.68 Å². The molecule has 9 heteroatoms. The van der Waals surface area contributed by atoms with E-state index in [4.69, 9.17) is 35.4 Å². The van der Waals surface area contributed by atoms with Crippen molar-refractivity contribution >= 4 is 62.3 Å². The largest absolute Gasteiger partial charge is 0.346 e. The summed E-state index contributed by atoms with van der Waals surface area (Å²) in [4.78, 5) is 4.64. The first kappa shape index (κ1) is 22.6. The van der Waals surface area contributed by atoms with E-state index in [1.165, 1.54) is 5.56 Å². The molecule has 0 atom stereocenters. The van der Waals surface area contributed by atoms with E-state index in [9.17, 15) is 0 Å². The topological polar surface area (TPSA) is 36.3 Å². The molecule has 2 aromatic carbocycles. The molecule has 1 aliphatic heterocycles. The highest BCUT2D eigenvalue weighted by Gasteiger charge is 2.20. The Morgan fingerprint density at radius 1 is 0.968 bits per heavy atom. The van der Waals surface area contributed by atoms with Crippen molar-refractivity contribution < 1.29 is 0 Å². The number of benzene rings is 2. The third-order valence-corrected chi connectivity index (χ3v) is 7.11. The molecule has 1 fully saturated rings. The molecule has 1 N–H and O–H groups in total. The minimum absolute atomic E-state index is 0.501. The van der Waals surface area contributed by atoms with E-state index >= 15 is 0 Å². The third-order valence-electron chi connectivity index (χ3n) is 5.27. The second-order valence-electron chi connectivity index (χ2n) is 7.38. The van der Waals surface area contributed by atoms with Crippen molar-refractivity contribution in [1.29, 1.82) is 0 Å². The van der Waals surface area contributed by atoms with Gasteiger partial charge in [0.2, 0.25) is 0 Å². The molecule has 31 heavy (non-hydrogen) atoms. The number of halogens is 3. The summed E-state index contributed by atoms with van der Waals surface area (Å²) < 4.78 is 2.96. The summed E-state index contributed by atoms with van der Waals surface area (Å²) in [5.74, 6) is 0.712. The average Bonchev–Trinajstić information content (AvgIpc) is 3.20. The van der Waals surface area contributed by atoms with Gasteiger partial charge in [-0.3, -0.25) is 9.58 Å². The number of nitrogens with zero attached hydrogens (tertiary/aromatic N) is 4. The molecule has 3 aromatic rings. The van der Waals surface area contributed by atoms with Crippen LogP contribution in [-0.4, -0.2) is 50.9 Å². The summed E-state index contributed by atoms with van der Waals surface area (Å²) in [5, 5.41) is 9.78. The molecule has 0 bridgehead atoms. The van der Waals surface area contributed by atoms with E-state index in [-0.39, 0.29) is 0 Å². The number of rotatable bonds is 5. The van der Waals surface area contributed by atoms with Crippen LogP contribution in [0.2, 0.25) is 10.0 Å². The summed E-state index contributed by atoms with van der Waals surface area (Å²) in [6.45, 7) is 5.12. The second-order valence-corrected chi connectivity index (χ2v) is 9.44. The minimum atomic E-state index is 0.501. The van der Waals surface area contributed by atoms with Crippen molar-refractivity contribution in [2.75, 3.05) is 31.5 Å². The lowest BCUT2D eigenvalue weighted by atomic mass is 10.2. The first-order valence-electron chi connectivity index (χ1n) is 9.97. The average molecular weight is 539 g/mol. The highest BCUT2D eigenvalue weighted by atomic mass is 79.9. The molecule has 1 aliphatic rings. The molecule has 0 spiro atoms. The van der Waals surface area contributed by atoms with E-state index in [1.807, 2.05) is 36.5 Å². The molecule has 2 heterocycles. The van der Waals surface area contributed by atoms with Crippen LogP contribution < -0.4 is 5.32 Å². The molecule has 0 saturated carbocycles. The number of aromatic nitrogens is 2. The van der Waals surface area contributed by atoms with E-state index in [0.717, 1.165) is 42.8 Å². The van der Waals surface area contributed by atoms with Crippen LogP contribution in [0.15, 0.2) is 59.2 Å². The first-order valence-corrected chi connectivity index (χ1v) is 11.9. The number of thiocarbonyl (C=S) groups is 1. The van der Waals surface area contributed by atoms with Crippen LogP contribution in [0, 0.1) is 0 Å². The summed E-state index contributed by atoms with van der Waals surface area (Å²) in [6, 6.07) is 15.8. The van der Waals surface area contributed by atoms with Crippen LogP contribution >= 0.6 is 51.3 Å². The van der Waals surface area contributed by atoms with Crippen molar-refractivity contribution in [3.8, 4) is 0 Å². The van der Waals surface area contributed by atoms with E-state index in [2.05, 4.69) is 54.3 Å². The van der Waals surface area contributed by atoms with Gasteiger partial charge in [0.05, 0.1) is 6.54 Å². The SMILES string of the molecule is S=C(Nc1ccn(Cc2c(Cl)cccc2Cl)n1)N1CCN(Cc2ccccc2Br)CC1. The predicted molar refractivity (Wildman–Crippen MR) is 135 cm³/mol. The molecular formula is C22H22BrCl2N5S. The standard InChI is InChI=1S/C22H22BrCl2N5S/c23-18-5-2-1-4-16(18)14-28-10-12-29(13-11-28)22(31)26-21-8-9-30(27-21)15-17-19(24)6-3-7-20(17)25/h1-9H,10-15H2,(H,26,27,31). The first-order chi connectivity index (χ1) is 15.0. The van der Waals surface area contributed by atoms with Crippen molar-refractivity contribution in [1.82, 2.24) is 19.6 Å². The Labute approximate surface area is 206 Å². The molecule has 0 aliphatic carbocycles. The van der Waals surface area contributed by atoms with E-state index in [0.29, 0.717) is 27.5 Å². The molecule has 5 nitrogen and oxygen atoms in total. The lowest BCUT2D eigenvalue weighted by Gasteiger charge is -2.36. The van der Waals surface area contributed by atoms with Gasteiger partial charge in [-0.15, -0.1) is 0 Å². The Balaban J connectivity index is 1.29. The van der Waals surface area contributed by atoms with Gasteiger partial charge in [0.15, 0.2) is 10.9 Å². The van der Waals surface area contributed by atoms with Gasteiger partial charge < -0.3 is 10.2 Å². The highest BCUT2D eigenvalue weighted by Crippen LogP contribution is 2.25. The maximum atomic E-state index is 6.27. The number of hydrogen-bond acceptors (Lipinski definition) is 3. The van der Waals surface area contributed by atoms with Crippen LogP contribution in [0.5, 0.6) is 0 Å². The molecular weight excluding hydrogens is 517 g/mol. The van der Waals surface area contributed by atoms with Crippen molar-refractivity contribution in [3.05, 3.63) is 80.4 Å². The summed E-state index contributed by atoms with van der Waals surface area (Å²) >= 11 is 21.8. The normalized spacial score (nSPS) is 14.6. The van der Waals surface area contributed by atoms with Gasteiger partial charge in [0, 0.05) is 65.1 Å². The Kier molecular flexibility index (Phi) is 7.51. The zero-order valence-corrected chi connectivity index (χ0v) is 20.7. The smallest absolute Gasteiger partial charge is 0.174 e. The summed E-state index contributed by atoms with van der Waals surface area (Å²) in [7, 11) is 0. The fraction of sp³-hybridized carbons (Fsp3) is 0.273. The summed E-state index contributed by atoms with van der Waals surface area (Å²) in [5.41, 5.74) is 2.16. The van der Waals surface area contributed by atoms with Crippen LogP contribution in [0.25, 0.3) is 0 Å². The van der Waals surface area contributed by atoms with Crippen LogP contribution in [-0.2, 0) is 13.1 Å². The molecule has 0 amide bonds. The fourth-order valence-corrected chi connectivity index (χ4v) is 4.74. The number of anilines is 1. The number of piperazine rings is 1. The third kappa shape index (κ3) is 5.79. The van der Waals surface area contributed by atoms with Gasteiger partial charge in [-0.1, -0.05) is 63.4 Å². The Morgan fingerprint density at radius 2 is 1.68 bits per heavy atom. The van der Waals surface area contributed by atoms with Gasteiger partial charge in [0.1, 0.15) is 0 Å². The van der Waals surface area contributed by atoms with Crippen LogP contribution in [0.3, 0.4) is 0 Å². The van der Waals surface area contributed by atoms with Crippen LogP contribution in [0.4, 0.5) is 5.82 Å². The monoisotopic (exact) mass is 537 g/mol. The van der Waals surface area contributed by atoms with Gasteiger partial charge in [0.25, 0.3) is 0 Å². The highest BCUT2D eigenvalue weighted by molar-refractivity contribution is 9.10. The second kappa shape index (κ2) is 10.3. The number of hydrogen-bond donors (Lipinski definition) is 1. The lowest BCUT2D eigenvalue weighted by Crippen LogP contribution is -2.49. The predicted octanol–water partition coefficient (Wildman–Crippen LogP) is 5.52. The maximum absolute atomic E-state index is 6.27. The zero-order chi connectivity index (χ0) is 21.8. The fourth-order valence-electron chi connectivity index (χ4n) is 3.53. The lowest BCUT2D eigenvalue weighted by molar-refractivity contribution is 0.176. The van der Waals surface area contributed by atoms with Crippen molar-refractivity contribution in [2.45, 2.75) is 13.1 Å². The Bertz CT molecular complexity index is 1050. The van der Waals surface area contributed by atoms with Gasteiger partial charge in [-0.2, -0.15) is 5.10 Å². The van der Waals surface area contributed by atoms with Crippen LogP contribution in [0.1, 0.15) is 11.1 Å². The van der Waals surface area contributed by atoms with E-state index < -0.39 is 0 Å². The minimum Gasteiger partial charge on any atom is -0.346 e. The maximum Gasteiger partial charge on any atom is 0.174 e. The Morgan fingerprint density at radius 3 is 2.39 bits per heavy atom. The quantitative estimate of drug-likeness (QED) is 0.433. The van der Waals surface area contributed by atoms with Gasteiger partial charge in [-0.25, -0.2) is 0 Å². The molecule has 1 aromatic heterocycles. The molecule has 162 valence electrons. The zero-order valence-electron chi connectivity index (χ0n) is 16.8. The van der Waals surface area contributed by atoms with Crippen molar-refractivity contribution in [3.63, 3.8) is 0 Å². The van der Waals surface area contributed by atoms with Gasteiger partial charge >= 0.3 is 0 Å². The number of nitrogens with one attached hydrogen (secondary N) is 1. The molecule has 0 unspecified atom stereocenters. The Hall–Kier alpha value is -1.64. The summed E-state index contributed by atoms with van der Waals surface area (Å²) in [6.07, 6.45) is 1.89.